The van der Waals surface area contributed by atoms with Crippen molar-refractivity contribution in [3.05, 3.63) is 51.6 Å². The highest BCUT2D eigenvalue weighted by Crippen LogP contribution is 2.32. The molecule has 0 radical (unpaired) electrons. The number of hydrogen-bond donors (Lipinski definition) is 0. The fourth-order valence-corrected chi connectivity index (χ4v) is 2.04. The molecule has 94 valence electrons. The van der Waals surface area contributed by atoms with Gasteiger partial charge in [0.2, 0.25) is 0 Å². The van der Waals surface area contributed by atoms with Crippen molar-refractivity contribution >= 4 is 22.6 Å². The molecule has 0 atom stereocenters. The first kappa shape index (κ1) is 13.1. The van der Waals surface area contributed by atoms with Gasteiger partial charge in [0, 0.05) is 15.7 Å². The Labute approximate surface area is 117 Å². The van der Waals surface area contributed by atoms with Gasteiger partial charge in [0.05, 0.1) is 7.11 Å². The van der Waals surface area contributed by atoms with Crippen molar-refractivity contribution < 1.29 is 18.3 Å². The summed E-state index contributed by atoms with van der Waals surface area (Å²) < 4.78 is 37.4. The van der Waals surface area contributed by atoms with E-state index in [1.165, 1.54) is 37.4 Å². The van der Waals surface area contributed by atoms with Crippen LogP contribution >= 0.6 is 22.6 Å². The van der Waals surface area contributed by atoms with Crippen molar-refractivity contribution in [3.8, 4) is 17.2 Å². The molecule has 2 aromatic carbocycles. The summed E-state index contributed by atoms with van der Waals surface area (Å²) in [4.78, 5) is 0. The summed E-state index contributed by atoms with van der Waals surface area (Å²) in [5.74, 6) is 0.116. The van der Waals surface area contributed by atoms with Gasteiger partial charge in [0.1, 0.15) is 17.4 Å². The van der Waals surface area contributed by atoms with Crippen LogP contribution in [0.25, 0.3) is 0 Å². The van der Waals surface area contributed by atoms with Gasteiger partial charge in [-0.15, -0.1) is 0 Å². The largest absolute Gasteiger partial charge is 0.493 e. The lowest BCUT2D eigenvalue weighted by atomic mass is 10.3. The Morgan fingerprint density at radius 1 is 0.944 bits per heavy atom. The maximum absolute atomic E-state index is 13.2. The Balaban J connectivity index is 2.33. The summed E-state index contributed by atoms with van der Waals surface area (Å²) in [6.45, 7) is 0. The van der Waals surface area contributed by atoms with Gasteiger partial charge >= 0.3 is 0 Å². The van der Waals surface area contributed by atoms with E-state index in [1.54, 1.807) is 6.07 Å². The maximum atomic E-state index is 13.2. The summed E-state index contributed by atoms with van der Waals surface area (Å²) in [7, 11) is 1.41. The third-order valence-electron chi connectivity index (χ3n) is 2.19. The molecule has 0 aliphatic carbocycles. The number of rotatable bonds is 3. The molecular weight excluding hydrogens is 353 g/mol. The summed E-state index contributed by atoms with van der Waals surface area (Å²) in [6, 6.07) is 8.21. The van der Waals surface area contributed by atoms with Gasteiger partial charge in [-0.05, 0) is 46.9 Å². The number of benzene rings is 2. The summed E-state index contributed by atoms with van der Waals surface area (Å²) >= 11 is 1.99. The Morgan fingerprint density at radius 3 is 2.39 bits per heavy atom. The highest BCUT2D eigenvalue weighted by Gasteiger charge is 2.08. The van der Waals surface area contributed by atoms with E-state index in [0.29, 0.717) is 15.1 Å². The van der Waals surface area contributed by atoms with Crippen LogP contribution in [0.15, 0.2) is 36.4 Å². The molecule has 5 heteroatoms. The van der Waals surface area contributed by atoms with Gasteiger partial charge in [-0.1, -0.05) is 0 Å². The molecule has 0 saturated heterocycles. The van der Waals surface area contributed by atoms with Gasteiger partial charge in [0.25, 0.3) is 0 Å². The molecule has 0 spiro atoms. The van der Waals surface area contributed by atoms with Crippen molar-refractivity contribution in [2.75, 3.05) is 7.11 Å². The Hall–Kier alpha value is -1.37. The summed E-state index contributed by atoms with van der Waals surface area (Å²) in [5.41, 5.74) is 0. The summed E-state index contributed by atoms with van der Waals surface area (Å²) in [6.07, 6.45) is 0. The molecule has 2 nitrogen and oxygen atoms in total. The second-order valence-electron chi connectivity index (χ2n) is 3.50. The van der Waals surface area contributed by atoms with Crippen LogP contribution in [-0.4, -0.2) is 7.11 Å². The average Bonchev–Trinajstić information content (AvgIpc) is 2.30. The second-order valence-corrected chi connectivity index (χ2v) is 4.75. The van der Waals surface area contributed by atoms with E-state index in [9.17, 15) is 8.78 Å². The third kappa shape index (κ3) is 3.10. The van der Waals surface area contributed by atoms with Crippen molar-refractivity contribution in [1.82, 2.24) is 0 Å². The van der Waals surface area contributed by atoms with Crippen molar-refractivity contribution in [2.24, 2.45) is 0 Å². The number of ether oxygens (including phenoxy) is 2. The molecule has 0 unspecified atom stereocenters. The molecule has 18 heavy (non-hydrogen) atoms. The maximum Gasteiger partial charge on any atom is 0.169 e. The predicted octanol–water partition coefficient (Wildman–Crippen LogP) is 4.37. The molecule has 2 rings (SSSR count). The smallest absolute Gasteiger partial charge is 0.169 e. The first-order valence-electron chi connectivity index (χ1n) is 5.06. The van der Waals surface area contributed by atoms with Gasteiger partial charge in [-0.25, -0.2) is 8.78 Å². The van der Waals surface area contributed by atoms with Crippen LogP contribution in [0.3, 0.4) is 0 Å². The van der Waals surface area contributed by atoms with Crippen LogP contribution in [0.2, 0.25) is 0 Å². The van der Waals surface area contributed by atoms with Gasteiger partial charge in [-0.3, -0.25) is 0 Å². The van der Waals surface area contributed by atoms with Crippen molar-refractivity contribution in [1.29, 1.82) is 0 Å². The number of halogens is 3. The lowest BCUT2D eigenvalue weighted by molar-refractivity contribution is 0.375. The Bertz CT molecular complexity index is 553. The lowest BCUT2D eigenvalue weighted by Gasteiger charge is -2.10. The molecular formula is C13H9F2IO2. The van der Waals surface area contributed by atoms with E-state index in [-0.39, 0.29) is 5.75 Å². The van der Waals surface area contributed by atoms with Crippen LogP contribution in [-0.2, 0) is 0 Å². The van der Waals surface area contributed by atoms with Crippen molar-refractivity contribution in [2.45, 2.75) is 0 Å². The van der Waals surface area contributed by atoms with E-state index in [2.05, 4.69) is 0 Å². The predicted molar refractivity (Wildman–Crippen MR) is 72.1 cm³/mol. The SMILES string of the molecule is COc1cc(F)ccc1Oc1cc(F)cc(I)c1. The van der Waals surface area contributed by atoms with Crippen LogP contribution in [0.1, 0.15) is 0 Å². The molecule has 0 N–H and O–H groups in total. The van der Waals surface area contributed by atoms with Crippen LogP contribution in [0, 0.1) is 15.2 Å². The van der Waals surface area contributed by atoms with E-state index in [1.807, 2.05) is 22.6 Å². The average molecular weight is 362 g/mol. The minimum Gasteiger partial charge on any atom is -0.493 e. The molecule has 0 aliphatic rings. The van der Waals surface area contributed by atoms with E-state index in [0.717, 1.165) is 0 Å². The fourth-order valence-electron chi connectivity index (χ4n) is 1.44. The molecule has 0 saturated carbocycles. The monoisotopic (exact) mass is 362 g/mol. The Kier molecular flexibility index (Phi) is 4.00. The molecule has 0 bridgehead atoms. The zero-order chi connectivity index (χ0) is 13.1. The van der Waals surface area contributed by atoms with E-state index in [4.69, 9.17) is 9.47 Å². The number of hydrogen-bond acceptors (Lipinski definition) is 2. The minimum atomic E-state index is -0.423. The third-order valence-corrected chi connectivity index (χ3v) is 2.81. The molecule has 0 amide bonds. The van der Waals surface area contributed by atoms with E-state index < -0.39 is 11.6 Å². The molecule has 0 fully saturated rings. The Morgan fingerprint density at radius 2 is 1.72 bits per heavy atom. The molecule has 2 aromatic rings. The highest BCUT2D eigenvalue weighted by atomic mass is 127. The molecule has 0 aromatic heterocycles. The zero-order valence-corrected chi connectivity index (χ0v) is 11.6. The van der Waals surface area contributed by atoms with Gasteiger partial charge in [-0.2, -0.15) is 0 Å². The van der Waals surface area contributed by atoms with Gasteiger partial charge < -0.3 is 9.47 Å². The minimum absolute atomic E-state index is 0.259. The van der Waals surface area contributed by atoms with Crippen LogP contribution in [0.5, 0.6) is 17.2 Å². The van der Waals surface area contributed by atoms with Crippen LogP contribution < -0.4 is 9.47 Å². The first-order valence-corrected chi connectivity index (χ1v) is 6.14. The molecule has 0 aliphatic heterocycles. The number of methoxy groups -OCH3 is 1. The lowest BCUT2D eigenvalue weighted by Crippen LogP contribution is -1.92. The van der Waals surface area contributed by atoms with Crippen LogP contribution in [0.4, 0.5) is 8.78 Å². The van der Waals surface area contributed by atoms with Gasteiger partial charge in [0.15, 0.2) is 11.5 Å². The van der Waals surface area contributed by atoms with E-state index >= 15 is 0 Å². The summed E-state index contributed by atoms with van der Waals surface area (Å²) in [5, 5.41) is 0. The normalized spacial score (nSPS) is 10.2. The first-order chi connectivity index (χ1) is 8.58. The molecule has 0 heterocycles. The zero-order valence-electron chi connectivity index (χ0n) is 9.41. The van der Waals surface area contributed by atoms with Crippen molar-refractivity contribution in [3.63, 3.8) is 0 Å². The highest BCUT2D eigenvalue weighted by molar-refractivity contribution is 14.1. The topological polar surface area (TPSA) is 18.5 Å². The fraction of sp³-hybridized carbons (Fsp3) is 0.0769. The standard InChI is InChI=1S/C13H9F2IO2/c1-17-13-6-8(14)2-3-12(13)18-11-5-9(15)4-10(16)7-11/h2-7H,1H3. The quantitative estimate of drug-likeness (QED) is 0.755. The second kappa shape index (κ2) is 5.51.